The predicted octanol–water partition coefficient (Wildman–Crippen LogP) is 4.90. The van der Waals surface area contributed by atoms with Crippen molar-refractivity contribution in [2.75, 3.05) is 26.2 Å². The maximum Gasteiger partial charge on any atom is 0.255 e. The molecule has 26 heavy (non-hydrogen) atoms. The van der Waals surface area contributed by atoms with E-state index in [1.165, 1.54) is 0 Å². The molecular weight excluding hydrogens is 418 g/mol. The quantitative estimate of drug-likeness (QED) is 0.678. The van der Waals surface area contributed by atoms with Gasteiger partial charge in [0.2, 0.25) is 0 Å². The summed E-state index contributed by atoms with van der Waals surface area (Å²) in [7, 11) is 0. The average molecular weight is 432 g/mol. The van der Waals surface area contributed by atoms with Crippen LogP contribution >= 0.6 is 46.4 Å². The summed E-state index contributed by atoms with van der Waals surface area (Å²) in [5.41, 5.74) is 0.792. The molecule has 1 aliphatic heterocycles. The third-order valence-corrected chi connectivity index (χ3v) is 5.40. The van der Waals surface area contributed by atoms with E-state index in [0.29, 0.717) is 52.4 Å². The summed E-state index contributed by atoms with van der Waals surface area (Å²) in [6, 6.07) is 9.70. The normalized spacial score (nSPS) is 14.5. The lowest BCUT2D eigenvalue weighted by atomic mass is 10.1. The zero-order chi connectivity index (χ0) is 18.8. The van der Waals surface area contributed by atoms with E-state index in [4.69, 9.17) is 46.4 Å². The fourth-order valence-corrected chi connectivity index (χ4v) is 3.72. The van der Waals surface area contributed by atoms with Crippen LogP contribution in [0.15, 0.2) is 36.4 Å². The highest BCUT2D eigenvalue weighted by Gasteiger charge is 2.27. The second-order valence-electron chi connectivity index (χ2n) is 5.84. The molecule has 1 fully saturated rings. The Morgan fingerprint density at radius 2 is 1.31 bits per heavy atom. The highest BCUT2D eigenvalue weighted by molar-refractivity contribution is 6.43. The Labute approximate surface area is 171 Å². The fraction of sp³-hybridized carbons (Fsp3) is 0.222. The number of hydrogen-bond acceptors (Lipinski definition) is 2. The highest BCUT2D eigenvalue weighted by Crippen LogP contribution is 2.27. The smallest absolute Gasteiger partial charge is 0.255 e. The molecular formula is C18H14Cl4N2O2. The highest BCUT2D eigenvalue weighted by atomic mass is 35.5. The van der Waals surface area contributed by atoms with Crippen LogP contribution in [0.2, 0.25) is 20.1 Å². The monoisotopic (exact) mass is 430 g/mol. The van der Waals surface area contributed by atoms with Gasteiger partial charge in [0.25, 0.3) is 11.8 Å². The summed E-state index contributed by atoms with van der Waals surface area (Å²) in [5.74, 6) is -0.363. The minimum Gasteiger partial charge on any atom is -0.335 e. The summed E-state index contributed by atoms with van der Waals surface area (Å²) in [4.78, 5) is 28.6. The van der Waals surface area contributed by atoms with Crippen LogP contribution in [0.25, 0.3) is 0 Å². The van der Waals surface area contributed by atoms with Gasteiger partial charge in [-0.3, -0.25) is 9.59 Å². The van der Waals surface area contributed by atoms with Gasteiger partial charge < -0.3 is 9.80 Å². The molecule has 0 atom stereocenters. The summed E-state index contributed by atoms with van der Waals surface area (Å²) in [6.07, 6.45) is 0. The summed E-state index contributed by atoms with van der Waals surface area (Å²) >= 11 is 24.0. The van der Waals surface area contributed by atoms with Crippen LogP contribution in [0.3, 0.4) is 0 Å². The molecule has 0 radical (unpaired) electrons. The van der Waals surface area contributed by atoms with Crippen LogP contribution < -0.4 is 0 Å². The number of amides is 2. The van der Waals surface area contributed by atoms with Gasteiger partial charge in [-0.1, -0.05) is 52.5 Å². The molecule has 2 aromatic carbocycles. The Kier molecular flexibility index (Phi) is 5.98. The van der Waals surface area contributed by atoms with Crippen molar-refractivity contribution in [2.24, 2.45) is 0 Å². The maximum atomic E-state index is 12.7. The minimum atomic E-state index is -0.199. The average Bonchev–Trinajstić information content (AvgIpc) is 2.62. The lowest BCUT2D eigenvalue weighted by molar-refractivity contribution is 0.0535. The van der Waals surface area contributed by atoms with Gasteiger partial charge in [0.05, 0.1) is 15.6 Å². The molecule has 1 saturated heterocycles. The molecule has 0 bridgehead atoms. The SMILES string of the molecule is O=C(c1cc(Cl)cc(Cl)c1)N1CCN(C(=O)c2cccc(Cl)c2Cl)CC1. The molecule has 3 rings (SSSR count). The number of rotatable bonds is 2. The Morgan fingerprint density at radius 3 is 1.88 bits per heavy atom. The van der Waals surface area contributed by atoms with Crippen LogP contribution in [0.4, 0.5) is 0 Å². The molecule has 1 aliphatic rings. The van der Waals surface area contributed by atoms with Gasteiger partial charge in [-0.2, -0.15) is 0 Å². The number of hydrogen-bond donors (Lipinski definition) is 0. The van der Waals surface area contributed by atoms with E-state index in [-0.39, 0.29) is 16.8 Å². The first kappa shape index (κ1) is 19.3. The summed E-state index contributed by atoms with van der Waals surface area (Å²) in [5, 5.41) is 1.39. The van der Waals surface area contributed by atoms with Crippen molar-refractivity contribution in [3.8, 4) is 0 Å². The molecule has 2 aromatic rings. The lowest BCUT2D eigenvalue weighted by Gasteiger charge is -2.35. The number of halogens is 4. The van der Waals surface area contributed by atoms with Crippen molar-refractivity contribution in [2.45, 2.75) is 0 Å². The molecule has 0 saturated carbocycles. The van der Waals surface area contributed by atoms with Crippen molar-refractivity contribution < 1.29 is 9.59 Å². The first-order valence-corrected chi connectivity index (χ1v) is 9.36. The largest absolute Gasteiger partial charge is 0.335 e. The fourth-order valence-electron chi connectivity index (χ4n) is 2.81. The second kappa shape index (κ2) is 8.05. The van der Waals surface area contributed by atoms with Crippen LogP contribution in [0.5, 0.6) is 0 Å². The Balaban J connectivity index is 1.68. The minimum absolute atomic E-state index is 0.165. The van der Waals surface area contributed by atoms with Crippen LogP contribution in [-0.2, 0) is 0 Å². The molecule has 8 heteroatoms. The second-order valence-corrected chi connectivity index (χ2v) is 7.50. The van der Waals surface area contributed by atoms with Crippen molar-refractivity contribution in [3.05, 3.63) is 67.6 Å². The lowest BCUT2D eigenvalue weighted by Crippen LogP contribution is -2.50. The van der Waals surface area contributed by atoms with Gasteiger partial charge in [-0.05, 0) is 30.3 Å². The first-order valence-electron chi connectivity index (χ1n) is 7.85. The van der Waals surface area contributed by atoms with Gasteiger partial charge in [0.1, 0.15) is 0 Å². The molecule has 4 nitrogen and oxygen atoms in total. The van der Waals surface area contributed by atoms with Crippen LogP contribution in [0, 0.1) is 0 Å². The molecule has 0 N–H and O–H groups in total. The Morgan fingerprint density at radius 1 is 0.769 bits per heavy atom. The third-order valence-electron chi connectivity index (χ3n) is 4.15. The van der Waals surface area contributed by atoms with E-state index in [0.717, 1.165) is 0 Å². The van der Waals surface area contributed by atoms with E-state index in [1.54, 1.807) is 46.2 Å². The third kappa shape index (κ3) is 4.09. The molecule has 0 aromatic heterocycles. The summed E-state index contributed by atoms with van der Waals surface area (Å²) in [6.45, 7) is 1.63. The molecule has 0 aliphatic carbocycles. The van der Waals surface area contributed by atoms with Gasteiger partial charge in [0, 0.05) is 41.8 Å². The number of nitrogens with zero attached hydrogens (tertiary/aromatic N) is 2. The van der Waals surface area contributed by atoms with Gasteiger partial charge >= 0.3 is 0 Å². The van der Waals surface area contributed by atoms with E-state index in [9.17, 15) is 9.59 Å². The van der Waals surface area contributed by atoms with Gasteiger partial charge in [-0.15, -0.1) is 0 Å². The Bertz CT molecular complexity index is 844. The first-order chi connectivity index (χ1) is 12.4. The summed E-state index contributed by atoms with van der Waals surface area (Å²) < 4.78 is 0. The maximum absolute atomic E-state index is 12.7. The molecule has 0 spiro atoms. The number of piperazine rings is 1. The van der Waals surface area contributed by atoms with Crippen molar-refractivity contribution in [1.29, 1.82) is 0 Å². The molecule has 2 amide bonds. The predicted molar refractivity (Wildman–Crippen MR) is 105 cm³/mol. The zero-order valence-corrected chi connectivity index (χ0v) is 16.5. The van der Waals surface area contributed by atoms with Crippen molar-refractivity contribution >= 4 is 58.2 Å². The van der Waals surface area contributed by atoms with Crippen molar-refractivity contribution in [1.82, 2.24) is 9.80 Å². The molecule has 1 heterocycles. The van der Waals surface area contributed by atoms with E-state index >= 15 is 0 Å². The number of benzene rings is 2. The van der Waals surface area contributed by atoms with Crippen LogP contribution in [-0.4, -0.2) is 47.8 Å². The van der Waals surface area contributed by atoms with E-state index in [2.05, 4.69) is 0 Å². The number of carbonyl (C=O) groups is 2. The van der Waals surface area contributed by atoms with E-state index in [1.807, 2.05) is 0 Å². The Hall–Kier alpha value is -1.46. The van der Waals surface area contributed by atoms with Gasteiger partial charge in [0.15, 0.2) is 0 Å². The standard InChI is InChI=1S/C18H14Cl4N2O2/c19-12-8-11(9-13(20)10-12)17(25)23-4-6-24(7-5-23)18(26)14-2-1-3-15(21)16(14)22/h1-3,8-10H,4-7H2. The number of carbonyl (C=O) groups excluding carboxylic acids is 2. The van der Waals surface area contributed by atoms with E-state index < -0.39 is 0 Å². The van der Waals surface area contributed by atoms with Crippen molar-refractivity contribution in [3.63, 3.8) is 0 Å². The topological polar surface area (TPSA) is 40.6 Å². The van der Waals surface area contributed by atoms with Gasteiger partial charge in [-0.25, -0.2) is 0 Å². The molecule has 136 valence electrons. The zero-order valence-electron chi connectivity index (χ0n) is 13.5. The van der Waals surface area contributed by atoms with Crippen LogP contribution in [0.1, 0.15) is 20.7 Å². The molecule has 0 unspecified atom stereocenters.